The van der Waals surface area contributed by atoms with Crippen LogP contribution in [0.15, 0.2) is 47.3 Å². The van der Waals surface area contributed by atoms with Crippen LogP contribution in [0.1, 0.15) is 5.56 Å². The van der Waals surface area contributed by atoms with E-state index in [4.69, 9.17) is 0 Å². The molecule has 92 valence electrons. The van der Waals surface area contributed by atoms with Crippen LogP contribution in [0.2, 0.25) is 0 Å². The highest BCUT2D eigenvalue weighted by atomic mass is 32.1. The van der Waals surface area contributed by atoms with Crippen molar-refractivity contribution < 1.29 is 0 Å². The van der Waals surface area contributed by atoms with Crippen molar-refractivity contribution >= 4 is 37.4 Å². The van der Waals surface area contributed by atoms with E-state index in [-0.39, 0.29) is 5.56 Å². The van der Waals surface area contributed by atoms with Crippen LogP contribution in [0.4, 0.5) is 0 Å². The molecule has 0 bridgehead atoms. The maximum absolute atomic E-state index is 12.6. The SMILES string of the molecule is Cc1ccc2c(c1)sc1nc3ccccc3c(=O)n12. The lowest BCUT2D eigenvalue weighted by Gasteiger charge is -1.98. The molecule has 0 saturated heterocycles. The van der Waals surface area contributed by atoms with Gasteiger partial charge in [0.1, 0.15) is 0 Å². The van der Waals surface area contributed by atoms with Crippen molar-refractivity contribution in [2.24, 2.45) is 0 Å². The molecular weight excluding hydrogens is 256 g/mol. The number of fused-ring (bicyclic) bond motifs is 4. The maximum Gasteiger partial charge on any atom is 0.266 e. The van der Waals surface area contributed by atoms with E-state index in [9.17, 15) is 4.79 Å². The van der Waals surface area contributed by atoms with Gasteiger partial charge >= 0.3 is 0 Å². The second kappa shape index (κ2) is 3.65. The van der Waals surface area contributed by atoms with Gasteiger partial charge in [0.25, 0.3) is 5.56 Å². The zero-order valence-electron chi connectivity index (χ0n) is 10.3. The quantitative estimate of drug-likeness (QED) is 0.489. The molecule has 0 aliphatic heterocycles. The van der Waals surface area contributed by atoms with Crippen molar-refractivity contribution in [3.8, 4) is 0 Å². The van der Waals surface area contributed by atoms with Crippen LogP contribution in [0.3, 0.4) is 0 Å². The Hall–Kier alpha value is -2.20. The van der Waals surface area contributed by atoms with Gasteiger partial charge in [-0.1, -0.05) is 29.5 Å². The Balaban J connectivity index is 2.33. The molecule has 3 nitrogen and oxygen atoms in total. The summed E-state index contributed by atoms with van der Waals surface area (Å²) < 4.78 is 2.81. The molecule has 19 heavy (non-hydrogen) atoms. The van der Waals surface area contributed by atoms with Crippen molar-refractivity contribution in [3.63, 3.8) is 0 Å². The van der Waals surface area contributed by atoms with Crippen molar-refractivity contribution in [3.05, 3.63) is 58.4 Å². The molecule has 0 N–H and O–H groups in total. The summed E-state index contributed by atoms with van der Waals surface area (Å²) in [6.45, 7) is 2.05. The largest absolute Gasteiger partial charge is 0.268 e. The number of hydrogen-bond donors (Lipinski definition) is 0. The van der Waals surface area contributed by atoms with Crippen LogP contribution in [0.5, 0.6) is 0 Å². The van der Waals surface area contributed by atoms with Crippen LogP contribution in [0, 0.1) is 6.92 Å². The molecule has 0 fully saturated rings. The van der Waals surface area contributed by atoms with Gasteiger partial charge < -0.3 is 0 Å². The van der Waals surface area contributed by atoms with Crippen molar-refractivity contribution in [1.29, 1.82) is 0 Å². The first-order valence-corrected chi connectivity index (χ1v) is 6.86. The highest BCUT2D eigenvalue weighted by Crippen LogP contribution is 2.25. The van der Waals surface area contributed by atoms with Gasteiger partial charge in [-0.3, -0.25) is 9.20 Å². The molecular formula is C15H10N2OS. The summed E-state index contributed by atoms with van der Waals surface area (Å²) in [6, 6.07) is 13.6. The van der Waals surface area contributed by atoms with Gasteiger partial charge in [0.05, 0.1) is 21.1 Å². The van der Waals surface area contributed by atoms with Crippen LogP contribution in [-0.2, 0) is 0 Å². The third kappa shape index (κ3) is 1.43. The predicted octanol–water partition coefficient (Wildman–Crippen LogP) is 3.37. The molecule has 0 spiro atoms. The third-order valence-electron chi connectivity index (χ3n) is 3.30. The topological polar surface area (TPSA) is 34.4 Å². The van der Waals surface area contributed by atoms with E-state index in [1.807, 2.05) is 36.4 Å². The van der Waals surface area contributed by atoms with E-state index in [0.717, 1.165) is 20.7 Å². The molecule has 4 aromatic rings. The molecule has 4 heteroatoms. The van der Waals surface area contributed by atoms with E-state index >= 15 is 0 Å². The fraction of sp³-hybridized carbons (Fsp3) is 0.0667. The van der Waals surface area contributed by atoms with E-state index < -0.39 is 0 Å². The Morgan fingerprint density at radius 1 is 1.16 bits per heavy atom. The van der Waals surface area contributed by atoms with Gasteiger partial charge in [0.2, 0.25) is 0 Å². The van der Waals surface area contributed by atoms with Crippen LogP contribution in [0.25, 0.3) is 26.1 Å². The highest BCUT2D eigenvalue weighted by Gasteiger charge is 2.10. The second-order valence-electron chi connectivity index (χ2n) is 4.63. The molecule has 0 atom stereocenters. The number of thiazole rings is 1. The van der Waals surface area contributed by atoms with Gasteiger partial charge in [-0.15, -0.1) is 0 Å². The minimum Gasteiger partial charge on any atom is -0.268 e. The number of hydrogen-bond acceptors (Lipinski definition) is 3. The summed E-state index contributed by atoms with van der Waals surface area (Å²) >= 11 is 1.56. The monoisotopic (exact) mass is 266 g/mol. The van der Waals surface area contributed by atoms with Crippen molar-refractivity contribution in [2.75, 3.05) is 0 Å². The summed E-state index contributed by atoms with van der Waals surface area (Å²) in [5, 5.41) is 0.667. The molecule has 0 aliphatic carbocycles. The summed E-state index contributed by atoms with van der Waals surface area (Å²) in [7, 11) is 0. The van der Waals surface area contributed by atoms with Crippen molar-refractivity contribution in [2.45, 2.75) is 6.92 Å². The summed E-state index contributed by atoms with van der Waals surface area (Å²) in [5.74, 6) is 0. The molecule has 2 aromatic carbocycles. The lowest BCUT2D eigenvalue weighted by Crippen LogP contribution is -2.13. The van der Waals surface area contributed by atoms with Gasteiger partial charge in [-0.2, -0.15) is 0 Å². The first kappa shape index (κ1) is 10.7. The summed E-state index contributed by atoms with van der Waals surface area (Å²) in [4.78, 5) is 17.9. The lowest BCUT2D eigenvalue weighted by atomic mass is 10.2. The Bertz CT molecular complexity index is 997. The van der Waals surface area contributed by atoms with Gasteiger partial charge in [-0.25, -0.2) is 4.98 Å². The zero-order valence-corrected chi connectivity index (χ0v) is 11.1. The number of benzene rings is 2. The molecule has 0 amide bonds. The summed E-state index contributed by atoms with van der Waals surface area (Å²) in [6.07, 6.45) is 0. The zero-order chi connectivity index (χ0) is 13.0. The Labute approximate surface area is 112 Å². The Kier molecular flexibility index (Phi) is 2.05. The predicted molar refractivity (Wildman–Crippen MR) is 79.1 cm³/mol. The fourth-order valence-electron chi connectivity index (χ4n) is 2.38. The molecule has 4 rings (SSSR count). The second-order valence-corrected chi connectivity index (χ2v) is 5.63. The lowest BCUT2D eigenvalue weighted by molar-refractivity contribution is 1.16. The van der Waals surface area contributed by atoms with E-state index in [0.29, 0.717) is 5.39 Å². The minimum absolute atomic E-state index is 0.00991. The molecule has 0 unspecified atom stereocenters. The normalized spacial score (nSPS) is 11.6. The smallest absolute Gasteiger partial charge is 0.266 e. The molecule has 2 heterocycles. The average molecular weight is 266 g/mol. The van der Waals surface area contributed by atoms with Gasteiger partial charge in [-0.05, 0) is 36.8 Å². The first-order chi connectivity index (χ1) is 9.24. The third-order valence-corrected chi connectivity index (χ3v) is 4.31. The van der Waals surface area contributed by atoms with E-state index in [1.165, 1.54) is 5.56 Å². The molecule has 0 aliphatic rings. The summed E-state index contributed by atoms with van der Waals surface area (Å²) in [5.41, 5.74) is 2.90. The molecule has 2 aromatic heterocycles. The minimum atomic E-state index is 0.00991. The van der Waals surface area contributed by atoms with Crippen LogP contribution < -0.4 is 5.56 Å². The number of aryl methyl sites for hydroxylation is 1. The highest BCUT2D eigenvalue weighted by molar-refractivity contribution is 7.23. The maximum atomic E-state index is 12.6. The van der Waals surface area contributed by atoms with E-state index in [2.05, 4.69) is 18.0 Å². The van der Waals surface area contributed by atoms with Gasteiger partial charge in [0, 0.05) is 0 Å². The van der Waals surface area contributed by atoms with E-state index in [1.54, 1.807) is 15.7 Å². The average Bonchev–Trinajstić information content (AvgIpc) is 2.76. The Morgan fingerprint density at radius 3 is 2.89 bits per heavy atom. The Morgan fingerprint density at radius 2 is 2.00 bits per heavy atom. The van der Waals surface area contributed by atoms with Crippen LogP contribution in [-0.4, -0.2) is 9.38 Å². The number of nitrogens with zero attached hydrogens (tertiary/aromatic N) is 2. The van der Waals surface area contributed by atoms with Crippen molar-refractivity contribution in [1.82, 2.24) is 9.38 Å². The molecule has 0 saturated carbocycles. The van der Waals surface area contributed by atoms with Crippen LogP contribution >= 0.6 is 11.3 Å². The number of aromatic nitrogens is 2. The first-order valence-electron chi connectivity index (χ1n) is 6.05. The van der Waals surface area contributed by atoms with Gasteiger partial charge in [0.15, 0.2) is 4.96 Å². The number of rotatable bonds is 0. The molecule has 0 radical (unpaired) electrons. The fourth-order valence-corrected chi connectivity index (χ4v) is 3.50. The number of para-hydroxylation sites is 1. The standard InChI is InChI=1S/C15H10N2OS/c1-9-6-7-12-13(8-9)19-15-16-11-5-3-2-4-10(11)14(18)17(12)15/h2-8H,1H3.